The van der Waals surface area contributed by atoms with Crippen molar-refractivity contribution in [3.05, 3.63) is 52.3 Å². The maximum absolute atomic E-state index is 13.6. The number of ether oxygens (including phenoxy) is 1. The summed E-state index contributed by atoms with van der Waals surface area (Å²) in [5, 5.41) is 3.86. The zero-order valence-corrected chi connectivity index (χ0v) is 12.9. The van der Waals surface area contributed by atoms with E-state index in [2.05, 4.69) is 9.84 Å². The highest BCUT2D eigenvalue weighted by atomic mass is 19.4. The van der Waals surface area contributed by atoms with Gasteiger partial charge in [-0.2, -0.15) is 18.3 Å². The average molecular weight is 348 g/mol. The molecule has 0 radical (unpaired) electrons. The van der Waals surface area contributed by atoms with Crippen LogP contribution in [0.3, 0.4) is 0 Å². The minimum atomic E-state index is -4.93. The molecule has 4 nitrogen and oxygen atoms in total. The van der Waals surface area contributed by atoms with E-state index in [1.807, 2.05) is 0 Å². The molecule has 1 aromatic heterocycles. The van der Waals surface area contributed by atoms with Crippen molar-refractivity contribution in [2.45, 2.75) is 26.1 Å². The maximum atomic E-state index is 13.6. The van der Waals surface area contributed by atoms with Crippen molar-refractivity contribution in [2.24, 2.45) is 7.05 Å². The minimum Gasteiger partial charge on any atom is -0.444 e. The highest BCUT2D eigenvalue weighted by molar-refractivity contribution is 5.89. The van der Waals surface area contributed by atoms with Gasteiger partial charge in [0.2, 0.25) is 6.10 Å². The van der Waals surface area contributed by atoms with Crippen LogP contribution in [-0.2, 0) is 11.8 Å². The van der Waals surface area contributed by atoms with Crippen molar-refractivity contribution in [3.8, 4) is 0 Å². The Morgan fingerprint density at radius 1 is 1.25 bits per heavy atom. The molecule has 0 saturated carbocycles. The Kier molecular flexibility index (Phi) is 4.63. The van der Waals surface area contributed by atoms with E-state index in [0.717, 1.165) is 12.1 Å². The summed E-state index contributed by atoms with van der Waals surface area (Å²) in [6.07, 6.45) is -7.53. The molecule has 2 aromatic rings. The van der Waals surface area contributed by atoms with Gasteiger partial charge >= 0.3 is 12.1 Å². The number of hydrogen-bond donors (Lipinski definition) is 0. The van der Waals surface area contributed by atoms with Gasteiger partial charge in [-0.05, 0) is 26.0 Å². The molecule has 0 saturated heterocycles. The number of esters is 1. The Morgan fingerprint density at radius 2 is 1.88 bits per heavy atom. The van der Waals surface area contributed by atoms with Crippen molar-refractivity contribution >= 4 is 5.97 Å². The first-order chi connectivity index (χ1) is 11.0. The fourth-order valence-electron chi connectivity index (χ4n) is 2.28. The summed E-state index contributed by atoms with van der Waals surface area (Å²) < 4.78 is 72.2. The first kappa shape index (κ1) is 17.9. The second kappa shape index (κ2) is 6.21. The zero-order chi connectivity index (χ0) is 18.2. The molecule has 0 aliphatic carbocycles. The molecule has 0 aliphatic rings. The monoisotopic (exact) mass is 348 g/mol. The van der Waals surface area contributed by atoms with E-state index >= 15 is 0 Å². The van der Waals surface area contributed by atoms with Gasteiger partial charge in [-0.15, -0.1) is 0 Å². The lowest BCUT2D eigenvalue weighted by Gasteiger charge is -2.21. The Balaban J connectivity index is 2.42. The van der Waals surface area contributed by atoms with Gasteiger partial charge in [0, 0.05) is 24.4 Å². The van der Waals surface area contributed by atoms with E-state index in [-0.39, 0.29) is 17.0 Å². The summed E-state index contributed by atoms with van der Waals surface area (Å²) in [6.45, 7) is 2.73. The van der Waals surface area contributed by atoms with Gasteiger partial charge < -0.3 is 4.74 Å². The first-order valence-corrected chi connectivity index (χ1v) is 6.75. The number of carbonyl (C=O) groups is 1. The number of benzene rings is 1. The predicted octanol–water partition coefficient (Wildman–Crippen LogP) is 3.78. The van der Waals surface area contributed by atoms with Crippen LogP contribution < -0.4 is 0 Å². The molecule has 0 spiro atoms. The molecule has 1 atom stereocenters. The smallest absolute Gasteiger partial charge is 0.430 e. The molecular weight excluding hydrogens is 335 g/mol. The van der Waals surface area contributed by atoms with Crippen LogP contribution in [0.25, 0.3) is 0 Å². The first-order valence-electron chi connectivity index (χ1n) is 6.75. The van der Waals surface area contributed by atoms with Gasteiger partial charge in [0.1, 0.15) is 11.6 Å². The summed E-state index contributed by atoms with van der Waals surface area (Å²) in [4.78, 5) is 11.9. The zero-order valence-electron chi connectivity index (χ0n) is 12.9. The number of carbonyl (C=O) groups excluding carboxylic acids is 1. The molecule has 0 fully saturated rings. The molecule has 0 bridgehead atoms. The van der Waals surface area contributed by atoms with E-state index in [4.69, 9.17) is 0 Å². The molecule has 2 rings (SSSR count). The Hall–Kier alpha value is -2.45. The molecule has 0 aliphatic heterocycles. The van der Waals surface area contributed by atoms with E-state index in [1.165, 1.54) is 25.6 Å². The number of rotatable bonds is 3. The number of aromatic nitrogens is 2. The van der Waals surface area contributed by atoms with Gasteiger partial charge in [0.05, 0.1) is 11.3 Å². The number of aryl methyl sites for hydroxylation is 2. The van der Waals surface area contributed by atoms with Crippen LogP contribution >= 0.6 is 0 Å². The topological polar surface area (TPSA) is 44.1 Å². The third-order valence-corrected chi connectivity index (χ3v) is 3.50. The maximum Gasteiger partial charge on any atom is 0.430 e. The number of halogens is 5. The van der Waals surface area contributed by atoms with Crippen molar-refractivity contribution in [3.63, 3.8) is 0 Å². The summed E-state index contributed by atoms with van der Waals surface area (Å²) >= 11 is 0. The second-order valence-corrected chi connectivity index (χ2v) is 5.16. The van der Waals surface area contributed by atoms with Crippen LogP contribution in [0, 0.1) is 25.5 Å². The Morgan fingerprint density at radius 3 is 2.33 bits per heavy atom. The molecule has 0 N–H and O–H groups in total. The second-order valence-electron chi connectivity index (χ2n) is 5.16. The lowest BCUT2D eigenvalue weighted by atomic mass is 10.1. The summed E-state index contributed by atoms with van der Waals surface area (Å²) in [5.41, 5.74) is -0.919. The van der Waals surface area contributed by atoms with Crippen molar-refractivity contribution < 1.29 is 31.5 Å². The van der Waals surface area contributed by atoms with Crippen molar-refractivity contribution in [1.29, 1.82) is 0 Å². The van der Waals surface area contributed by atoms with Gasteiger partial charge in [0.25, 0.3) is 0 Å². The summed E-state index contributed by atoms with van der Waals surface area (Å²) in [6, 6.07) is 1.87. The van der Waals surface area contributed by atoms with Crippen LogP contribution in [0.5, 0.6) is 0 Å². The predicted molar refractivity (Wildman–Crippen MR) is 73.3 cm³/mol. The molecule has 24 heavy (non-hydrogen) atoms. The van der Waals surface area contributed by atoms with Gasteiger partial charge in [-0.1, -0.05) is 0 Å². The largest absolute Gasteiger partial charge is 0.444 e. The van der Waals surface area contributed by atoms with E-state index < -0.39 is 35.4 Å². The molecule has 130 valence electrons. The van der Waals surface area contributed by atoms with Gasteiger partial charge in [-0.3, -0.25) is 4.68 Å². The lowest BCUT2D eigenvalue weighted by Crippen LogP contribution is -2.27. The number of hydrogen-bond acceptors (Lipinski definition) is 3. The highest BCUT2D eigenvalue weighted by Gasteiger charge is 2.47. The quantitative estimate of drug-likeness (QED) is 0.626. The number of nitrogens with zero attached hydrogens (tertiary/aromatic N) is 2. The van der Waals surface area contributed by atoms with Crippen molar-refractivity contribution in [1.82, 2.24) is 9.78 Å². The van der Waals surface area contributed by atoms with E-state index in [0.29, 0.717) is 6.07 Å². The van der Waals surface area contributed by atoms with E-state index in [1.54, 1.807) is 0 Å². The van der Waals surface area contributed by atoms with E-state index in [9.17, 15) is 26.7 Å². The van der Waals surface area contributed by atoms with Crippen LogP contribution in [0.4, 0.5) is 22.0 Å². The summed E-state index contributed by atoms with van der Waals surface area (Å²) in [7, 11) is 1.45. The standard InChI is InChI=1S/C15H13F5N2O2/c1-7-12(8(2)22(3)21-7)13(15(18,19)20)24-14(23)10-5-4-9(16)6-11(10)17/h4-6,13H,1-3H3/t13-/m0/s1. The molecule has 9 heteroatoms. The molecular formula is C15H13F5N2O2. The van der Waals surface area contributed by atoms with Gasteiger partial charge in [-0.25, -0.2) is 13.6 Å². The SMILES string of the molecule is Cc1nn(C)c(C)c1[C@H](OC(=O)c1ccc(F)cc1F)C(F)(F)F. The normalized spacial score (nSPS) is 13.0. The van der Waals surface area contributed by atoms with Crippen LogP contribution in [-0.4, -0.2) is 21.9 Å². The Bertz CT molecular complexity index is 783. The number of alkyl halides is 3. The molecule has 1 heterocycles. The molecule has 0 unspecified atom stereocenters. The average Bonchev–Trinajstić information content (AvgIpc) is 2.68. The fourth-order valence-corrected chi connectivity index (χ4v) is 2.28. The molecule has 0 amide bonds. The Labute approximate surface area is 133 Å². The van der Waals surface area contributed by atoms with Gasteiger partial charge in [0.15, 0.2) is 0 Å². The van der Waals surface area contributed by atoms with Crippen molar-refractivity contribution in [2.75, 3.05) is 0 Å². The third kappa shape index (κ3) is 3.39. The highest BCUT2D eigenvalue weighted by Crippen LogP contribution is 2.39. The third-order valence-electron chi connectivity index (χ3n) is 3.50. The fraction of sp³-hybridized carbons (Fsp3) is 0.333. The van der Waals surface area contributed by atoms with Crippen LogP contribution in [0.15, 0.2) is 18.2 Å². The van der Waals surface area contributed by atoms with Crippen LogP contribution in [0.2, 0.25) is 0 Å². The minimum absolute atomic E-state index is 0.0321. The summed E-state index contributed by atoms with van der Waals surface area (Å²) in [5.74, 6) is -3.81. The van der Waals surface area contributed by atoms with Crippen LogP contribution in [0.1, 0.15) is 33.4 Å². The lowest BCUT2D eigenvalue weighted by molar-refractivity contribution is -0.207. The molecule has 1 aromatic carbocycles.